The summed E-state index contributed by atoms with van der Waals surface area (Å²) in [5.41, 5.74) is 1.73. The molecule has 0 spiro atoms. The predicted molar refractivity (Wildman–Crippen MR) is 77.3 cm³/mol. The lowest BCUT2D eigenvalue weighted by Crippen LogP contribution is -2.09. The van der Waals surface area contributed by atoms with Crippen LogP contribution in [0, 0.1) is 10.1 Å². The monoisotopic (exact) mass is 270 g/mol. The number of carbonyl (C=O) groups excluding carboxylic acids is 1. The Balaban J connectivity index is 2.31. The second-order valence-electron chi connectivity index (χ2n) is 4.58. The lowest BCUT2D eigenvalue weighted by molar-refractivity contribution is -0.384. The third-order valence-electron chi connectivity index (χ3n) is 2.97. The zero-order valence-corrected chi connectivity index (χ0v) is 11.2. The van der Waals surface area contributed by atoms with Crippen molar-refractivity contribution in [2.24, 2.45) is 0 Å². The van der Waals surface area contributed by atoms with E-state index in [2.05, 4.69) is 0 Å². The van der Waals surface area contributed by atoms with Crippen LogP contribution < -0.4 is 4.90 Å². The van der Waals surface area contributed by atoms with Crippen molar-refractivity contribution in [3.8, 4) is 0 Å². The van der Waals surface area contributed by atoms with E-state index in [9.17, 15) is 14.9 Å². The molecule has 0 aliphatic heterocycles. The van der Waals surface area contributed by atoms with Crippen LogP contribution in [-0.4, -0.2) is 24.8 Å². The standard InChI is InChI=1S/C15H14N2O3/c1-16(2)13-8-6-11(7-9-13)15(18)12-4-3-5-14(10-12)17(19)20/h3-10H,1-2H3. The molecule has 0 amide bonds. The Kier molecular flexibility index (Phi) is 3.79. The fourth-order valence-electron chi connectivity index (χ4n) is 1.84. The number of nitro groups is 1. The maximum atomic E-state index is 12.3. The summed E-state index contributed by atoms with van der Waals surface area (Å²) in [6, 6.07) is 12.9. The number of nitrogens with zero attached hydrogens (tertiary/aromatic N) is 2. The Morgan fingerprint density at radius 3 is 2.25 bits per heavy atom. The van der Waals surface area contributed by atoms with Gasteiger partial charge in [-0.3, -0.25) is 14.9 Å². The Labute approximate surface area is 116 Å². The molecule has 0 heterocycles. The average molecular weight is 270 g/mol. The molecule has 0 aliphatic carbocycles. The first kappa shape index (κ1) is 13.7. The minimum atomic E-state index is -0.508. The molecular formula is C15H14N2O3. The highest BCUT2D eigenvalue weighted by molar-refractivity contribution is 6.09. The molecule has 0 N–H and O–H groups in total. The van der Waals surface area contributed by atoms with Crippen LogP contribution in [0.1, 0.15) is 15.9 Å². The molecule has 5 nitrogen and oxygen atoms in total. The molecule has 20 heavy (non-hydrogen) atoms. The van der Waals surface area contributed by atoms with Crippen molar-refractivity contribution in [2.45, 2.75) is 0 Å². The molecule has 0 saturated heterocycles. The number of rotatable bonds is 4. The van der Waals surface area contributed by atoms with E-state index in [-0.39, 0.29) is 11.5 Å². The highest BCUT2D eigenvalue weighted by atomic mass is 16.6. The predicted octanol–water partition coefficient (Wildman–Crippen LogP) is 2.89. The van der Waals surface area contributed by atoms with Crippen LogP contribution in [0.15, 0.2) is 48.5 Å². The number of nitro benzene ring substituents is 1. The fraction of sp³-hybridized carbons (Fsp3) is 0.133. The van der Waals surface area contributed by atoms with Crippen molar-refractivity contribution in [3.05, 3.63) is 69.8 Å². The molecule has 0 radical (unpaired) electrons. The van der Waals surface area contributed by atoms with E-state index in [1.165, 1.54) is 18.2 Å². The number of ketones is 1. The van der Waals surface area contributed by atoms with E-state index < -0.39 is 4.92 Å². The quantitative estimate of drug-likeness (QED) is 0.487. The lowest BCUT2D eigenvalue weighted by Gasteiger charge is -2.12. The van der Waals surface area contributed by atoms with Gasteiger partial charge in [0.1, 0.15) is 0 Å². The molecule has 2 aromatic rings. The Morgan fingerprint density at radius 2 is 1.70 bits per heavy atom. The molecular weight excluding hydrogens is 256 g/mol. The Hall–Kier alpha value is -2.69. The molecule has 0 atom stereocenters. The molecule has 0 saturated carbocycles. The van der Waals surface area contributed by atoms with E-state index in [0.29, 0.717) is 11.1 Å². The molecule has 0 unspecified atom stereocenters. The minimum absolute atomic E-state index is 0.0826. The van der Waals surface area contributed by atoms with Gasteiger partial charge in [0.05, 0.1) is 4.92 Å². The van der Waals surface area contributed by atoms with Gasteiger partial charge in [-0.05, 0) is 24.3 Å². The van der Waals surface area contributed by atoms with Crippen molar-refractivity contribution in [3.63, 3.8) is 0 Å². The molecule has 102 valence electrons. The van der Waals surface area contributed by atoms with Crippen LogP contribution in [0.25, 0.3) is 0 Å². The first-order valence-corrected chi connectivity index (χ1v) is 6.05. The van der Waals surface area contributed by atoms with E-state index in [1.54, 1.807) is 18.2 Å². The van der Waals surface area contributed by atoms with Crippen molar-refractivity contribution < 1.29 is 9.72 Å². The topological polar surface area (TPSA) is 63.5 Å². The lowest BCUT2D eigenvalue weighted by atomic mass is 10.0. The molecule has 5 heteroatoms. The summed E-state index contributed by atoms with van der Waals surface area (Å²) in [7, 11) is 3.83. The maximum absolute atomic E-state index is 12.3. The zero-order chi connectivity index (χ0) is 14.7. The van der Waals surface area contributed by atoms with Gasteiger partial charge < -0.3 is 4.90 Å². The van der Waals surface area contributed by atoms with Gasteiger partial charge in [-0.15, -0.1) is 0 Å². The number of hydrogen-bond donors (Lipinski definition) is 0. The third kappa shape index (κ3) is 2.83. The second kappa shape index (κ2) is 5.52. The third-order valence-corrected chi connectivity index (χ3v) is 2.97. The van der Waals surface area contributed by atoms with Crippen LogP contribution in [0.4, 0.5) is 11.4 Å². The van der Waals surface area contributed by atoms with E-state index in [4.69, 9.17) is 0 Å². The van der Waals surface area contributed by atoms with Crippen LogP contribution in [0.3, 0.4) is 0 Å². The molecule has 0 bridgehead atoms. The van der Waals surface area contributed by atoms with E-state index in [1.807, 2.05) is 31.1 Å². The fourth-order valence-corrected chi connectivity index (χ4v) is 1.84. The molecule has 0 fully saturated rings. The van der Waals surface area contributed by atoms with Crippen LogP contribution in [-0.2, 0) is 0 Å². The summed E-state index contributed by atoms with van der Waals surface area (Å²) in [6.07, 6.45) is 0. The number of hydrogen-bond acceptors (Lipinski definition) is 4. The zero-order valence-electron chi connectivity index (χ0n) is 11.2. The van der Waals surface area contributed by atoms with Gasteiger partial charge in [0.15, 0.2) is 5.78 Å². The van der Waals surface area contributed by atoms with Crippen molar-refractivity contribution in [1.82, 2.24) is 0 Å². The van der Waals surface area contributed by atoms with Crippen LogP contribution in [0.5, 0.6) is 0 Å². The molecule has 0 aromatic heterocycles. The van der Waals surface area contributed by atoms with Crippen molar-refractivity contribution in [2.75, 3.05) is 19.0 Å². The largest absolute Gasteiger partial charge is 0.378 e. The van der Waals surface area contributed by atoms with Crippen molar-refractivity contribution >= 4 is 17.2 Å². The summed E-state index contributed by atoms with van der Waals surface area (Å²) >= 11 is 0. The van der Waals surface area contributed by atoms with Gasteiger partial charge in [-0.1, -0.05) is 12.1 Å². The summed E-state index contributed by atoms with van der Waals surface area (Å²) < 4.78 is 0. The summed E-state index contributed by atoms with van der Waals surface area (Å²) in [6.45, 7) is 0. The molecule has 0 aliphatic rings. The highest BCUT2D eigenvalue weighted by Gasteiger charge is 2.13. The summed E-state index contributed by atoms with van der Waals surface area (Å²) in [5, 5.41) is 10.7. The number of benzene rings is 2. The minimum Gasteiger partial charge on any atom is -0.378 e. The normalized spacial score (nSPS) is 10.1. The average Bonchev–Trinajstić information content (AvgIpc) is 2.46. The number of non-ortho nitro benzene ring substituents is 1. The number of carbonyl (C=O) groups is 1. The number of anilines is 1. The summed E-state index contributed by atoms with van der Waals surface area (Å²) in [5.74, 6) is -0.223. The van der Waals surface area contributed by atoms with Gasteiger partial charge in [0, 0.05) is 43.0 Å². The smallest absolute Gasteiger partial charge is 0.270 e. The van der Waals surface area contributed by atoms with E-state index >= 15 is 0 Å². The van der Waals surface area contributed by atoms with E-state index in [0.717, 1.165) is 5.69 Å². The highest BCUT2D eigenvalue weighted by Crippen LogP contribution is 2.18. The van der Waals surface area contributed by atoms with Gasteiger partial charge in [0.2, 0.25) is 0 Å². The van der Waals surface area contributed by atoms with Crippen LogP contribution >= 0.6 is 0 Å². The van der Waals surface area contributed by atoms with Gasteiger partial charge >= 0.3 is 0 Å². The first-order chi connectivity index (χ1) is 9.49. The maximum Gasteiger partial charge on any atom is 0.270 e. The molecule has 2 aromatic carbocycles. The Morgan fingerprint density at radius 1 is 1.05 bits per heavy atom. The SMILES string of the molecule is CN(C)c1ccc(C(=O)c2cccc([N+](=O)[O-])c2)cc1. The molecule has 2 rings (SSSR count). The second-order valence-corrected chi connectivity index (χ2v) is 4.58. The first-order valence-electron chi connectivity index (χ1n) is 6.05. The van der Waals surface area contributed by atoms with Gasteiger partial charge in [-0.2, -0.15) is 0 Å². The Bertz CT molecular complexity index is 648. The van der Waals surface area contributed by atoms with Crippen molar-refractivity contribution in [1.29, 1.82) is 0 Å². The van der Waals surface area contributed by atoms with Gasteiger partial charge in [0.25, 0.3) is 5.69 Å². The summed E-state index contributed by atoms with van der Waals surface area (Å²) in [4.78, 5) is 24.4. The van der Waals surface area contributed by atoms with Gasteiger partial charge in [-0.25, -0.2) is 0 Å². The van der Waals surface area contributed by atoms with Crippen LogP contribution in [0.2, 0.25) is 0 Å².